The van der Waals surface area contributed by atoms with E-state index in [4.69, 9.17) is 0 Å². The van der Waals surface area contributed by atoms with Crippen LogP contribution in [0.4, 0.5) is 14.5 Å². The predicted octanol–water partition coefficient (Wildman–Crippen LogP) is 4.29. The van der Waals surface area contributed by atoms with Gasteiger partial charge in [-0.05, 0) is 64.8 Å². The van der Waals surface area contributed by atoms with Gasteiger partial charge in [-0.3, -0.25) is 4.79 Å². The second kappa shape index (κ2) is 5.48. The van der Waals surface area contributed by atoms with Gasteiger partial charge in [0.25, 0.3) is 5.91 Å². The molecular formula is C14H10BrF2NO. The highest BCUT2D eigenvalue weighted by molar-refractivity contribution is 9.10. The SMILES string of the molecule is Cc1cc(F)cc(NC(=O)c2cc(F)ccc2Br)c1. The zero-order valence-corrected chi connectivity index (χ0v) is 11.6. The number of nitrogens with one attached hydrogen (secondary N) is 1. The van der Waals surface area contributed by atoms with Gasteiger partial charge in [-0.1, -0.05) is 0 Å². The molecule has 0 aliphatic carbocycles. The van der Waals surface area contributed by atoms with Crippen molar-refractivity contribution in [3.8, 4) is 0 Å². The van der Waals surface area contributed by atoms with Crippen molar-refractivity contribution in [2.45, 2.75) is 6.92 Å². The molecule has 0 saturated carbocycles. The van der Waals surface area contributed by atoms with Gasteiger partial charge >= 0.3 is 0 Å². The van der Waals surface area contributed by atoms with Crippen LogP contribution in [0.3, 0.4) is 0 Å². The number of hydrogen-bond donors (Lipinski definition) is 1. The highest BCUT2D eigenvalue weighted by Crippen LogP contribution is 2.20. The second-order valence-electron chi connectivity index (χ2n) is 4.10. The Morgan fingerprint density at radius 2 is 1.84 bits per heavy atom. The predicted molar refractivity (Wildman–Crippen MR) is 73.2 cm³/mol. The minimum Gasteiger partial charge on any atom is -0.322 e. The number of benzene rings is 2. The summed E-state index contributed by atoms with van der Waals surface area (Å²) in [5, 5.41) is 2.53. The molecule has 0 atom stereocenters. The number of carbonyl (C=O) groups is 1. The van der Waals surface area contributed by atoms with Gasteiger partial charge in [0.1, 0.15) is 11.6 Å². The van der Waals surface area contributed by atoms with Crippen LogP contribution in [-0.4, -0.2) is 5.91 Å². The minimum atomic E-state index is -0.510. The van der Waals surface area contributed by atoms with E-state index >= 15 is 0 Å². The Bertz CT molecular complexity index is 623. The lowest BCUT2D eigenvalue weighted by atomic mass is 10.2. The molecule has 0 aliphatic rings. The van der Waals surface area contributed by atoms with Gasteiger partial charge in [0.15, 0.2) is 0 Å². The fourth-order valence-electron chi connectivity index (χ4n) is 1.68. The summed E-state index contributed by atoms with van der Waals surface area (Å²) in [4.78, 5) is 12.0. The quantitative estimate of drug-likeness (QED) is 0.876. The zero-order chi connectivity index (χ0) is 14.0. The van der Waals surface area contributed by atoms with Crippen molar-refractivity contribution >= 4 is 27.5 Å². The van der Waals surface area contributed by atoms with Gasteiger partial charge in [0.05, 0.1) is 5.56 Å². The summed E-state index contributed by atoms with van der Waals surface area (Å²) in [7, 11) is 0. The smallest absolute Gasteiger partial charge is 0.256 e. The Morgan fingerprint density at radius 1 is 1.11 bits per heavy atom. The second-order valence-corrected chi connectivity index (χ2v) is 4.95. The topological polar surface area (TPSA) is 29.1 Å². The van der Waals surface area contributed by atoms with Crippen LogP contribution in [0.15, 0.2) is 40.9 Å². The molecule has 0 aliphatic heterocycles. The minimum absolute atomic E-state index is 0.155. The first kappa shape index (κ1) is 13.7. The summed E-state index contributed by atoms with van der Waals surface area (Å²) in [6.45, 7) is 1.72. The van der Waals surface area contributed by atoms with E-state index < -0.39 is 17.5 Å². The third-order valence-electron chi connectivity index (χ3n) is 2.47. The maximum atomic E-state index is 13.2. The van der Waals surface area contributed by atoms with Gasteiger partial charge < -0.3 is 5.32 Å². The number of halogens is 3. The molecule has 0 fully saturated rings. The molecule has 0 heterocycles. The average molecular weight is 326 g/mol. The van der Waals surface area contributed by atoms with Crippen molar-refractivity contribution in [1.82, 2.24) is 0 Å². The molecule has 2 aromatic rings. The van der Waals surface area contributed by atoms with E-state index in [0.29, 0.717) is 15.7 Å². The number of rotatable bonds is 2. The van der Waals surface area contributed by atoms with E-state index in [1.165, 1.54) is 24.3 Å². The molecule has 98 valence electrons. The largest absolute Gasteiger partial charge is 0.322 e. The van der Waals surface area contributed by atoms with Gasteiger partial charge in [0, 0.05) is 10.2 Å². The maximum absolute atomic E-state index is 13.2. The number of hydrogen-bond acceptors (Lipinski definition) is 1. The van der Waals surface area contributed by atoms with Crippen molar-refractivity contribution in [1.29, 1.82) is 0 Å². The molecule has 1 N–H and O–H groups in total. The van der Waals surface area contributed by atoms with Crippen molar-refractivity contribution in [3.63, 3.8) is 0 Å². The lowest BCUT2D eigenvalue weighted by molar-refractivity contribution is 0.102. The van der Waals surface area contributed by atoms with Crippen molar-refractivity contribution in [3.05, 3.63) is 63.6 Å². The van der Waals surface area contributed by atoms with Crippen LogP contribution in [0.1, 0.15) is 15.9 Å². The summed E-state index contributed by atoms with van der Waals surface area (Å²) in [6.07, 6.45) is 0. The molecule has 19 heavy (non-hydrogen) atoms. The number of anilines is 1. The molecule has 0 unspecified atom stereocenters. The first-order valence-electron chi connectivity index (χ1n) is 5.49. The van der Waals surface area contributed by atoms with E-state index in [1.54, 1.807) is 13.0 Å². The van der Waals surface area contributed by atoms with Crippen LogP contribution in [0.5, 0.6) is 0 Å². The Balaban J connectivity index is 2.28. The number of carbonyl (C=O) groups excluding carboxylic acids is 1. The van der Waals surface area contributed by atoms with E-state index in [0.717, 1.165) is 6.07 Å². The highest BCUT2D eigenvalue weighted by Gasteiger charge is 2.12. The zero-order valence-electron chi connectivity index (χ0n) is 10.0. The Kier molecular flexibility index (Phi) is 3.95. The Labute approximate surface area is 117 Å². The summed E-state index contributed by atoms with van der Waals surface area (Å²) in [5.41, 5.74) is 1.18. The van der Waals surface area contributed by atoms with E-state index in [9.17, 15) is 13.6 Å². The fraction of sp³-hybridized carbons (Fsp3) is 0.0714. The summed E-state index contributed by atoms with van der Waals surface area (Å²) >= 11 is 3.17. The van der Waals surface area contributed by atoms with Crippen molar-refractivity contribution in [2.75, 3.05) is 5.32 Å². The van der Waals surface area contributed by atoms with E-state index in [1.807, 2.05) is 0 Å². The maximum Gasteiger partial charge on any atom is 0.256 e. The molecule has 0 spiro atoms. The van der Waals surface area contributed by atoms with Crippen LogP contribution < -0.4 is 5.32 Å². The van der Waals surface area contributed by atoms with Crippen LogP contribution in [0, 0.1) is 18.6 Å². The van der Waals surface area contributed by atoms with Crippen LogP contribution in [0.25, 0.3) is 0 Å². The van der Waals surface area contributed by atoms with Crippen molar-refractivity contribution in [2.24, 2.45) is 0 Å². The molecule has 5 heteroatoms. The van der Waals surface area contributed by atoms with Crippen LogP contribution >= 0.6 is 15.9 Å². The fourth-order valence-corrected chi connectivity index (χ4v) is 2.11. The number of amides is 1. The molecule has 0 saturated heterocycles. The molecule has 0 aromatic heterocycles. The first-order valence-corrected chi connectivity index (χ1v) is 6.28. The van der Waals surface area contributed by atoms with Gasteiger partial charge in [-0.15, -0.1) is 0 Å². The third-order valence-corrected chi connectivity index (χ3v) is 3.16. The average Bonchev–Trinajstić information content (AvgIpc) is 2.30. The molecule has 0 bridgehead atoms. The molecule has 0 radical (unpaired) electrons. The van der Waals surface area contributed by atoms with Gasteiger partial charge in [-0.25, -0.2) is 8.78 Å². The van der Waals surface area contributed by atoms with E-state index in [-0.39, 0.29) is 5.56 Å². The Morgan fingerprint density at radius 3 is 2.53 bits per heavy atom. The monoisotopic (exact) mass is 325 g/mol. The Hall–Kier alpha value is -1.75. The lowest BCUT2D eigenvalue weighted by Crippen LogP contribution is -2.13. The normalized spacial score (nSPS) is 10.3. The third kappa shape index (κ3) is 3.38. The molecular weight excluding hydrogens is 316 g/mol. The van der Waals surface area contributed by atoms with Crippen LogP contribution in [-0.2, 0) is 0 Å². The summed E-state index contributed by atoms with van der Waals surface area (Å²) in [5.74, 6) is -1.45. The highest BCUT2D eigenvalue weighted by atomic mass is 79.9. The summed E-state index contributed by atoms with van der Waals surface area (Å²) in [6, 6.07) is 8.00. The molecule has 2 rings (SSSR count). The lowest BCUT2D eigenvalue weighted by Gasteiger charge is -2.08. The van der Waals surface area contributed by atoms with E-state index in [2.05, 4.69) is 21.2 Å². The molecule has 1 amide bonds. The molecule has 2 aromatic carbocycles. The molecule has 2 nitrogen and oxygen atoms in total. The first-order chi connectivity index (χ1) is 8.95. The van der Waals surface area contributed by atoms with Gasteiger partial charge in [-0.2, -0.15) is 0 Å². The standard InChI is InChI=1S/C14H10BrF2NO/c1-8-4-10(17)6-11(5-8)18-14(19)12-7-9(16)2-3-13(12)15/h2-7H,1H3,(H,18,19). The van der Waals surface area contributed by atoms with Crippen molar-refractivity contribution < 1.29 is 13.6 Å². The van der Waals surface area contributed by atoms with Crippen LogP contribution in [0.2, 0.25) is 0 Å². The number of aryl methyl sites for hydroxylation is 1. The van der Waals surface area contributed by atoms with Gasteiger partial charge in [0.2, 0.25) is 0 Å². The summed E-state index contributed by atoms with van der Waals surface area (Å²) < 4.78 is 26.8.